The second-order valence-electron chi connectivity index (χ2n) is 4.83. The molecule has 6 nitrogen and oxygen atoms in total. The number of nitrogens with two attached hydrogens (primary N) is 1. The summed E-state index contributed by atoms with van der Waals surface area (Å²) < 4.78 is 0. The lowest BCUT2D eigenvalue weighted by atomic mass is 10.2. The highest BCUT2D eigenvalue weighted by molar-refractivity contribution is 6.03. The Morgan fingerprint density at radius 1 is 0.957 bits per heavy atom. The van der Waals surface area contributed by atoms with Crippen LogP contribution in [0.3, 0.4) is 0 Å². The highest BCUT2D eigenvalue weighted by atomic mass is 16.1. The van der Waals surface area contributed by atoms with Gasteiger partial charge in [-0.1, -0.05) is 24.3 Å². The zero-order valence-corrected chi connectivity index (χ0v) is 12.2. The Bertz CT molecular complexity index is 806. The number of nitrogen functional groups attached to an aromatic ring is 1. The molecule has 23 heavy (non-hydrogen) atoms. The predicted molar refractivity (Wildman–Crippen MR) is 90.6 cm³/mol. The molecule has 0 bridgehead atoms. The number of nitrogens with one attached hydrogen (secondary N) is 2. The molecule has 2 heterocycles. The summed E-state index contributed by atoms with van der Waals surface area (Å²) in [4.78, 5) is 20.5. The molecule has 3 rings (SSSR count). The van der Waals surface area contributed by atoms with Crippen LogP contribution in [0.5, 0.6) is 0 Å². The van der Waals surface area contributed by atoms with Crippen LogP contribution in [0.25, 0.3) is 0 Å². The highest BCUT2D eigenvalue weighted by Gasteiger charge is 2.10. The lowest BCUT2D eigenvalue weighted by Gasteiger charge is -2.09. The van der Waals surface area contributed by atoms with Crippen molar-refractivity contribution in [1.82, 2.24) is 9.97 Å². The van der Waals surface area contributed by atoms with Crippen LogP contribution >= 0.6 is 0 Å². The van der Waals surface area contributed by atoms with Gasteiger partial charge in [0.15, 0.2) is 0 Å². The average Bonchev–Trinajstić information content (AvgIpc) is 2.56. The first kappa shape index (κ1) is 14.5. The summed E-state index contributed by atoms with van der Waals surface area (Å²) in [5.74, 6) is 0.587. The smallest absolute Gasteiger partial charge is 0.274 e. The van der Waals surface area contributed by atoms with Gasteiger partial charge in [-0.3, -0.25) is 4.79 Å². The van der Waals surface area contributed by atoms with Crippen LogP contribution in [-0.2, 0) is 0 Å². The first-order chi connectivity index (χ1) is 11.2. The van der Waals surface area contributed by atoms with E-state index in [0.29, 0.717) is 17.2 Å². The molecule has 0 atom stereocenters. The van der Waals surface area contributed by atoms with Crippen LogP contribution in [0.1, 0.15) is 10.5 Å². The first-order valence-electron chi connectivity index (χ1n) is 7.03. The van der Waals surface area contributed by atoms with Gasteiger partial charge in [-0.25, -0.2) is 9.97 Å². The minimum atomic E-state index is -0.326. The largest absolute Gasteiger partial charge is 0.384 e. The van der Waals surface area contributed by atoms with E-state index in [1.54, 1.807) is 30.5 Å². The molecule has 0 spiro atoms. The van der Waals surface area contributed by atoms with Gasteiger partial charge in [0.05, 0.1) is 0 Å². The third-order valence-electron chi connectivity index (χ3n) is 3.05. The molecule has 6 heteroatoms. The molecule has 0 aliphatic carbocycles. The maximum absolute atomic E-state index is 12.3. The number of aromatic nitrogens is 2. The third kappa shape index (κ3) is 3.82. The summed E-state index contributed by atoms with van der Waals surface area (Å²) >= 11 is 0. The van der Waals surface area contributed by atoms with Crippen molar-refractivity contribution in [1.29, 1.82) is 0 Å². The van der Waals surface area contributed by atoms with E-state index in [1.165, 1.54) is 0 Å². The van der Waals surface area contributed by atoms with E-state index in [1.807, 2.05) is 36.4 Å². The summed E-state index contributed by atoms with van der Waals surface area (Å²) in [6, 6.07) is 18.0. The number of amides is 1. The van der Waals surface area contributed by atoms with Crippen molar-refractivity contribution in [3.05, 3.63) is 72.6 Å². The summed E-state index contributed by atoms with van der Waals surface area (Å²) in [5.41, 5.74) is 7.36. The van der Waals surface area contributed by atoms with Crippen molar-refractivity contribution in [2.24, 2.45) is 0 Å². The topological polar surface area (TPSA) is 92.9 Å². The van der Waals surface area contributed by atoms with Crippen LogP contribution in [0.4, 0.5) is 23.0 Å². The Labute approximate surface area is 133 Å². The fourth-order valence-electron chi connectivity index (χ4n) is 2.04. The molecule has 0 aliphatic rings. The fourth-order valence-corrected chi connectivity index (χ4v) is 2.04. The van der Waals surface area contributed by atoms with Crippen molar-refractivity contribution >= 4 is 28.9 Å². The van der Waals surface area contributed by atoms with Gasteiger partial charge in [0.2, 0.25) is 0 Å². The van der Waals surface area contributed by atoms with Crippen LogP contribution < -0.4 is 16.4 Å². The molecule has 0 radical (unpaired) electrons. The molecule has 0 saturated heterocycles. The monoisotopic (exact) mass is 305 g/mol. The number of hydrogen-bond donors (Lipinski definition) is 3. The van der Waals surface area contributed by atoms with Gasteiger partial charge in [0.1, 0.15) is 17.3 Å². The van der Waals surface area contributed by atoms with Crippen molar-refractivity contribution in [2.45, 2.75) is 0 Å². The molecule has 0 unspecified atom stereocenters. The Balaban J connectivity index is 1.81. The number of rotatable bonds is 4. The van der Waals surface area contributed by atoms with E-state index in [0.717, 1.165) is 0 Å². The Hall–Kier alpha value is -3.41. The van der Waals surface area contributed by atoms with E-state index >= 15 is 0 Å². The van der Waals surface area contributed by atoms with Crippen molar-refractivity contribution in [2.75, 3.05) is 16.4 Å². The first-order valence-corrected chi connectivity index (χ1v) is 7.03. The summed E-state index contributed by atoms with van der Waals surface area (Å²) in [6.45, 7) is 0. The standard InChI is InChI=1S/C17H15N5O/c18-15-11-13(20-16-8-4-5-9-19-16)10-14(22-15)17(23)21-12-6-2-1-3-7-12/h1-11H,(H,21,23)(H3,18,19,20,22). The Kier molecular flexibility index (Phi) is 4.15. The lowest BCUT2D eigenvalue weighted by molar-refractivity contribution is 0.102. The van der Waals surface area contributed by atoms with Crippen molar-refractivity contribution < 1.29 is 4.79 Å². The molecule has 0 fully saturated rings. The number of benzene rings is 1. The van der Waals surface area contributed by atoms with Gasteiger partial charge in [-0.05, 0) is 30.3 Å². The predicted octanol–water partition coefficient (Wildman–Crippen LogP) is 3.05. The molecule has 0 saturated carbocycles. The molecular formula is C17H15N5O. The normalized spacial score (nSPS) is 10.1. The molecular weight excluding hydrogens is 290 g/mol. The maximum atomic E-state index is 12.3. The second-order valence-corrected chi connectivity index (χ2v) is 4.83. The van der Waals surface area contributed by atoms with Crippen molar-refractivity contribution in [3.63, 3.8) is 0 Å². The van der Waals surface area contributed by atoms with E-state index < -0.39 is 0 Å². The molecule has 3 aromatic rings. The van der Waals surface area contributed by atoms with E-state index in [-0.39, 0.29) is 17.4 Å². The van der Waals surface area contributed by atoms with Gasteiger partial charge < -0.3 is 16.4 Å². The van der Waals surface area contributed by atoms with Crippen LogP contribution in [0.15, 0.2) is 66.9 Å². The molecule has 2 aromatic heterocycles. The summed E-state index contributed by atoms with van der Waals surface area (Å²) in [6.07, 6.45) is 1.68. The zero-order chi connectivity index (χ0) is 16.1. The minimum absolute atomic E-state index is 0.229. The van der Waals surface area contributed by atoms with Gasteiger partial charge in [-0.15, -0.1) is 0 Å². The SMILES string of the molecule is Nc1cc(Nc2ccccn2)cc(C(=O)Nc2ccccc2)n1. The van der Waals surface area contributed by atoms with Crippen LogP contribution in [0, 0.1) is 0 Å². The summed E-state index contributed by atoms with van der Waals surface area (Å²) in [5, 5.41) is 5.87. The fraction of sp³-hybridized carbons (Fsp3) is 0. The van der Waals surface area contributed by atoms with E-state index in [4.69, 9.17) is 5.73 Å². The quantitative estimate of drug-likeness (QED) is 0.689. The number of anilines is 4. The number of carbonyl (C=O) groups is 1. The molecule has 114 valence electrons. The minimum Gasteiger partial charge on any atom is -0.384 e. The number of nitrogens with zero attached hydrogens (tertiary/aromatic N) is 2. The zero-order valence-electron chi connectivity index (χ0n) is 12.2. The van der Waals surface area contributed by atoms with Gasteiger partial charge in [0.25, 0.3) is 5.91 Å². The number of pyridine rings is 2. The Morgan fingerprint density at radius 2 is 1.74 bits per heavy atom. The van der Waals surface area contributed by atoms with E-state index in [9.17, 15) is 4.79 Å². The maximum Gasteiger partial charge on any atom is 0.274 e. The molecule has 1 amide bonds. The molecule has 0 aliphatic heterocycles. The summed E-state index contributed by atoms with van der Waals surface area (Å²) in [7, 11) is 0. The van der Waals surface area contributed by atoms with E-state index in [2.05, 4.69) is 20.6 Å². The number of carbonyl (C=O) groups excluding carboxylic acids is 1. The molecule has 4 N–H and O–H groups in total. The van der Waals surface area contributed by atoms with Gasteiger partial charge >= 0.3 is 0 Å². The lowest BCUT2D eigenvalue weighted by Crippen LogP contribution is -2.14. The third-order valence-corrected chi connectivity index (χ3v) is 3.05. The van der Waals surface area contributed by atoms with Gasteiger partial charge in [-0.2, -0.15) is 0 Å². The average molecular weight is 305 g/mol. The number of hydrogen-bond acceptors (Lipinski definition) is 5. The highest BCUT2D eigenvalue weighted by Crippen LogP contribution is 2.18. The second kappa shape index (κ2) is 6.57. The van der Waals surface area contributed by atoms with Crippen molar-refractivity contribution in [3.8, 4) is 0 Å². The molecule has 1 aromatic carbocycles. The van der Waals surface area contributed by atoms with Crippen LogP contribution in [0.2, 0.25) is 0 Å². The van der Waals surface area contributed by atoms with Crippen LogP contribution in [-0.4, -0.2) is 15.9 Å². The van der Waals surface area contributed by atoms with Gasteiger partial charge in [0, 0.05) is 23.6 Å². The number of para-hydroxylation sites is 1. The Morgan fingerprint density at radius 3 is 2.48 bits per heavy atom.